The maximum atomic E-state index is 13.3. The Labute approximate surface area is 109 Å². The Balaban J connectivity index is 2.04. The fraction of sp³-hybridized carbons (Fsp3) is 0.600. The quantitative estimate of drug-likeness (QED) is 0.776. The molecule has 0 heterocycles. The van der Waals surface area contributed by atoms with E-state index in [1.54, 1.807) is 6.92 Å². The monoisotopic (exact) mass is 250 g/mol. The maximum Gasteiger partial charge on any atom is 0.128 e. The van der Waals surface area contributed by atoms with Crippen LogP contribution in [0.3, 0.4) is 0 Å². The summed E-state index contributed by atoms with van der Waals surface area (Å²) in [5.41, 5.74) is 8.34. The lowest BCUT2D eigenvalue weighted by atomic mass is 9.75. The van der Waals surface area contributed by atoms with Crippen molar-refractivity contribution < 1.29 is 4.39 Å². The first kappa shape index (κ1) is 13.2. The minimum absolute atomic E-state index is 0.233. The average Bonchev–Trinajstić information content (AvgIpc) is 2.28. The molecule has 0 saturated heterocycles. The third-order valence-corrected chi connectivity index (χ3v) is 4.03. The molecule has 1 fully saturated rings. The van der Waals surface area contributed by atoms with Gasteiger partial charge in [-0.25, -0.2) is 4.39 Å². The van der Waals surface area contributed by atoms with Gasteiger partial charge in [0, 0.05) is 6.04 Å². The maximum absolute atomic E-state index is 13.3. The molecular formula is C15H23FN2. The zero-order chi connectivity index (χ0) is 13.3. The van der Waals surface area contributed by atoms with Crippen LogP contribution in [0.5, 0.6) is 0 Å². The molecule has 0 atom stereocenters. The molecule has 1 aromatic rings. The second-order valence-corrected chi connectivity index (χ2v) is 6.27. The van der Waals surface area contributed by atoms with Crippen molar-refractivity contribution >= 4 is 11.4 Å². The van der Waals surface area contributed by atoms with Crippen LogP contribution in [0.2, 0.25) is 0 Å². The Morgan fingerprint density at radius 2 is 1.89 bits per heavy atom. The number of hydrogen-bond acceptors (Lipinski definition) is 2. The van der Waals surface area contributed by atoms with Crippen LogP contribution in [-0.4, -0.2) is 6.04 Å². The van der Waals surface area contributed by atoms with Crippen LogP contribution in [-0.2, 0) is 0 Å². The number of nitrogens with two attached hydrogens (primary N) is 1. The molecule has 1 aromatic carbocycles. The molecule has 2 nitrogen and oxygen atoms in total. The number of nitrogens with one attached hydrogen (secondary N) is 1. The van der Waals surface area contributed by atoms with Crippen molar-refractivity contribution in [2.24, 2.45) is 5.41 Å². The standard InChI is InChI=1S/C15H23FN2/c1-10-8-14(13(17)9-12(10)16)18-11-4-6-15(2,3)7-5-11/h8-9,11,18H,4-7,17H2,1-3H3. The predicted octanol–water partition coefficient (Wildman–Crippen LogP) is 4.10. The molecule has 2 rings (SSSR count). The van der Waals surface area contributed by atoms with Gasteiger partial charge in [0.15, 0.2) is 0 Å². The molecule has 18 heavy (non-hydrogen) atoms. The second kappa shape index (κ2) is 4.79. The van der Waals surface area contributed by atoms with Crippen molar-refractivity contribution in [3.8, 4) is 0 Å². The van der Waals surface area contributed by atoms with E-state index in [0.717, 1.165) is 18.5 Å². The normalized spacial score (nSPS) is 19.8. The number of anilines is 2. The second-order valence-electron chi connectivity index (χ2n) is 6.27. The van der Waals surface area contributed by atoms with E-state index < -0.39 is 0 Å². The summed E-state index contributed by atoms with van der Waals surface area (Å²) in [6, 6.07) is 3.68. The molecule has 0 aliphatic heterocycles. The Kier molecular flexibility index (Phi) is 3.51. The Morgan fingerprint density at radius 1 is 1.28 bits per heavy atom. The van der Waals surface area contributed by atoms with Crippen LogP contribution in [0, 0.1) is 18.2 Å². The van der Waals surface area contributed by atoms with Crippen molar-refractivity contribution in [1.82, 2.24) is 0 Å². The third kappa shape index (κ3) is 2.95. The van der Waals surface area contributed by atoms with Gasteiger partial charge in [-0.2, -0.15) is 0 Å². The summed E-state index contributed by atoms with van der Waals surface area (Å²) in [6.07, 6.45) is 4.77. The molecule has 0 radical (unpaired) electrons. The molecule has 1 saturated carbocycles. The van der Waals surface area contributed by atoms with Gasteiger partial charge in [-0.3, -0.25) is 0 Å². The van der Waals surface area contributed by atoms with E-state index in [2.05, 4.69) is 19.2 Å². The third-order valence-electron chi connectivity index (χ3n) is 4.03. The summed E-state index contributed by atoms with van der Waals surface area (Å²) in [5, 5.41) is 3.46. The van der Waals surface area contributed by atoms with Crippen molar-refractivity contribution in [3.63, 3.8) is 0 Å². The van der Waals surface area contributed by atoms with Crippen LogP contribution in [0.1, 0.15) is 45.1 Å². The predicted molar refractivity (Wildman–Crippen MR) is 75.2 cm³/mol. The lowest BCUT2D eigenvalue weighted by molar-refractivity contribution is 0.232. The molecule has 3 N–H and O–H groups in total. The van der Waals surface area contributed by atoms with Gasteiger partial charge in [0.05, 0.1) is 11.4 Å². The van der Waals surface area contributed by atoms with Crippen LogP contribution in [0.15, 0.2) is 12.1 Å². The van der Waals surface area contributed by atoms with Crippen LogP contribution in [0.4, 0.5) is 15.8 Å². The van der Waals surface area contributed by atoms with Gasteiger partial charge in [0.1, 0.15) is 5.82 Å². The highest BCUT2D eigenvalue weighted by molar-refractivity contribution is 5.67. The smallest absolute Gasteiger partial charge is 0.128 e. The lowest BCUT2D eigenvalue weighted by Crippen LogP contribution is -2.30. The van der Waals surface area contributed by atoms with E-state index in [4.69, 9.17) is 5.73 Å². The molecule has 0 unspecified atom stereocenters. The average molecular weight is 250 g/mol. The number of nitrogen functional groups attached to an aromatic ring is 1. The van der Waals surface area contributed by atoms with Gasteiger partial charge >= 0.3 is 0 Å². The first-order valence-electron chi connectivity index (χ1n) is 6.69. The van der Waals surface area contributed by atoms with E-state index in [1.807, 2.05) is 6.07 Å². The zero-order valence-electron chi connectivity index (χ0n) is 11.5. The molecule has 3 heteroatoms. The van der Waals surface area contributed by atoms with Crippen molar-refractivity contribution in [1.29, 1.82) is 0 Å². The summed E-state index contributed by atoms with van der Waals surface area (Å²) < 4.78 is 13.3. The molecular weight excluding hydrogens is 227 g/mol. The van der Waals surface area contributed by atoms with Crippen LogP contribution < -0.4 is 11.1 Å². The minimum Gasteiger partial charge on any atom is -0.397 e. The first-order valence-corrected chi connectivity index (χ1v) is 6.69. The largest absolute Gasteiger partial charge is 0.397 e. The van der Waals surface area contributed by atoms with Gasteiger partial charge in [0.2, 0.25) is 0 Å². The van der Waals surface area contributed by atoms with E-state index in [1.165, 1.54) is 18.9 Å². The summed E-state index contributed by atoms with van der Waals surface area (Å²) >= 11 is 0. The molecule has 0 amide bonds. The molecule has 1 aliphatic rings. The van der Waals surface area contributed by atoms with Gasteiger partial charge in [-0.1, -0.05) is 13.8 Å². The number of benzene rings is 1. The number of hydrogen-bond donors (Lipinski definition) is 2. The van der Waals surface area contributed by atoms with E-state index in [0.29, 0.717) is 22.7 Å². The fourth-order valence-electron chi connectivity index (χ4n) is 2.59. The van der Waals surface area contributed by atoms with Gasteiger partial charge < -0.3 is 11.1 Å². The number of halogens is 1. The molecule has 1 aliphatic carbocycles. The van der Waals surface area contributed by atoms with Crippen molar-refractivity contribution in [2.75, 3.05) is 11.1 Å². The highest BCUT2D eigenvalue weighted by atomic mass is 19.1. The van der Waals surface area contributed by atoms with Gasteiger partial charge in [-0.05, 0) is 55.7 Å². The minimum atomic E-state index is -0.233. The number of aryl methyl sites for hydroxylation is 1. The van der Waals surface area contributed by atoms with E-state index in [-0.39, 0.29) is 5.82 Å². The SMILES string of the molecule is Cc1cc(NC2CCC(C)(C)CC2)c(N)cc1F. The van der Waals surface area contributed by atoms with Gasteiger partial charge in [0.25, 0.3) is 0 Å². The van der Waals surface area contributed by atoms with Gasteiger partial charge in [-0.15, -0.1) is 0 Å². The first-order chi connectivity index (χ1) is 8.37. The molecule has 0 aromatic heterocycles. The molecule has 0 spiro atoms. The Bertz CT molecular complexity index is 430. The highest BCUT2D eigenvalue weighted by Gasteiger charge is 2.26. The van der Waals surface area contributed by atoms with Crippen LogP contribution >= 0.6 is 0 Å². The number of rotatable bonds is 2. The molecule has 100 valence electrons. The molecule has 0 bridgehead atoms. The van der Waals surface area contributed by atoms with Crippen LogP contribution in [0.25, 0.3) is 0 Å². The lowest BCUT2D eigenvalue weighted by Gasteiger charge is -2.35. The van der Waals surface area contributed by atoms with E-state index >= 15 is 0 Å². The van der Waals surface area contributed by atoms with Crippen molar-refractivity contribution in [2.45, 2.75) is 52.5 Å². The summed E-state index contributed by atoms with van der Waals surface area (Å²) in [5.74, 6) is -0.233. The summed E-state index contributed by atoms with van der Waals surface area (Å²) in [4.78, 5) is 0. The summed E-state index contributed by atoms with van der Waals surface area (Å²) in [7, 11) is 0. The van der Waals surface area contributed by atoms with E-state index in [9.17, 15) is 4.39 Å². The highest BCUT2D eigenvalue weighted by Crippen LogP contribution is 2.36. The fourth-order valence-corrected chi connectivity index (χ4v) is 2.59. The Morgan fingerprint density at radius 3 is 2.50 bits per heavy atom. The Hall–Kier alpha value is -1.25. The zero-order valence-corrected chi connectivity index (χ0v) is 11.5. The topological polar surface area (TPSA) is 38.0 Å². The van der Waals surface area contributed by atoms with Crippen molar-refractivity contribution in [3.05, 3.63) is 23.5 Å². The summed E-state index contributed by atoms with van der Waals surface area (Å²) in [6.45, 7) is 6.41.